The smallest absolute Gasteiger partial charge is 0.243 e. The summed E-state index contributed by atoms with van der Waals surface area (Å²) in [6.07, 6.45) is 9.93. The Kier molecular flexibility index (Phi) is 6.95. The average Bonchev–Trinajstić information content (AvgIpc) is 3.23. The molecule has 2 aliphatic rings. The Labute approximate surface area is 190 Å². The van der Waals surface area contributed by atoms with Crippen LogP contribution >= 0.6 is 0 Å². The quantitative estimate of drug-likeness (QED) is 0.639. The molecule has 0 radical (unpaired) electrons. The van der Waals surface area contributed by atoms with Crippen molar-refractivity contribution < 1.29 is 13.2 Å². The van der Waals surface area contributed by atoms with E-state index >= 15 is 0 Å². The van der Waals surface area contributed by atoms with E-state index in [0.29, 0.717) is 25.0 Å². The number of amides is 1. The van der Waals surface area contributed by atoms with Crippen LogP contribution in [0.15, 0.2) is 34.7 Å². The van der Waals surface area contributed by atoms with Gasteiger partial charge in [-0.2, -0.15) is 4.31 Å². The molecule has 1 saturated heterocycles. The molecule has 2 heterocycles. The largest absolute Gasteiger partial charge is 0.354 e. The maximum atomic E-state index is 13.5. The van der Waals surface area contributed by atoms with E-state index in [1.807, 2.05) is 13.8 Å². The van der Waals surface area contributed by atoms with Crippen molar-refractivity contribution in [2.45, 2.75) is 82.2 Å². The zero-order chi connectivity index (χ0) is 22.7. The summed E-state index contributed by atoms with van der Waals surface area (Å²) in [6, 6.07) is 4.37. The van der Waals surface area contributed by atoms with Gasteiger partial charge < -0.3 is 5.32 Å². The average molecular weight is 460 g/mol. The number of sulfonamides is 1. The second-order valence-electron chi connectivity index (χ2n) is 9.05. The van der Waals surface area contributed by atoms with Crippen molar-refractivity contribution in [3.05, 3.63) is 29.8 Å². The summed E-state index contributed by atoms with van der Waals surface area (Å²) in [5, 5.41) is 11.3. The highest BCUT2D eigenvalue weighted by atomic mass is 32.2. The lowest BCUT2D eigenvalue weighted by molar-refractivity contribution is -0.125. The molecule has 0 saturated carbocycles. The topological polar surface area (TPSA) is 97.2 Å². The van der Waals surface area contributed by atoms with Crippen molar-refractivity contribution in [3.63, 3.8) is 0 Å². The minimum atomic E-state index is -3.82. The van der Waals surface area contributed by atoms with Gasteiger partial charge in [0.2, 0.25) is 15.9 Å². The van der Waals surface area contributed by atoms with Gasteiger partial charge in [0.25, 0.3) is 0 Å². The zero-order valence-electron chi connectivity index (χ0n) is 19.0. The van der Waals surface area contributed by atoms with E-state index in [1.165, 1.54) is 22.7 Å². The summed E-state index contributed by atoms with van der Waals surface area (Å²) in [7, 11) is -3.82. The number of benzene rings is 1. The molecule has 4 rings (SSSR count). The second kappa shape index (κ2) is 9.70. The van der Waals surface area contributed by atoms with Crippen LogP contribution < -0.4 is 5.32 Å². The predicted octanol–water partition coefficient (Wildman–Crippen LogP) is 3.56. The minimum Gasteiger partial charge on any atom is -0.354 e. The van der Waals surface area contributed by atoms with Crippen LogP contribution in [0.25, 0.3) is 11.0 Å². The molecule has 174 valence electrons. The first-order valence-corrected chi connectivity index (χ1v) is 13.1. The van der Waals surface area contributed by atoms with Crippen LogP contribution in [0.4, 0.5) is 0 Å². The molecule has 2 aromatic rings. The molecule has 1 amide bonds. The summed E-state index contributed by atoms with van der Waals surface area (Å²) in [5.74, 6) is -0.198. The molecule has 1 aromatic carbocycles. The van der Waals surface area contributed by atoms with Crippen molar-refractivity contribution in [1.82, 2.24) is 24.6 Å². The normalized spacial score (nSPS) is 20.5. The number of carbonyl (C=O) groups excluding carboxylic acids is 1. The van der Waals surface area contributed by atoms with Gasteiger partial charge >= 0.3 is 0 Å². The third-order valence-electron chi connectivity index (χ3n) is 6.42. The van der Waals surface area contributed by atoms with Crippen LogP contribution in [0.1, 0.15) is 71.3 Å². The van der Waals surface area contributed by atoms with Gasteiger partial charge in [-0.25, -0.2) is 13.1 Å². The molecule has 1 N–H and O–H groups in total. The Morgan fingerprint density at radius 1 is 1.22 bits per heavy atom. The second-order valence-corrected chi connectivity index (χ2v) is 10.9. The molecule has 0 spiro atoms. The fourth-order valence-corrected chi connectivity index (χ4v) is 6.33. The van der Waals surface area contributed by atoms with E-state index < -0.39 is 16.1 Å². The van der Waals surface area contributed by atoms with E-state index in [0.717, 1.165) is 37.6 Å². The van der Waals surface area contributed by atoms with Gasteiger partial charge in [0, 0.05) is 19.1 Å². The maximum absolute atomic E-state index is 13.5. The van der Waals surface area contributed by atoms with Gasteiger partial charge in [0.05, 0.1) is 10.4 Å². The fraction of sp³-hybridized carbons (Fsp3) is 0.609. The molecule has 32 heavy (non-hydrogen) atoms. The lowest BCUT2D eigenvalue weighted by atomic mass is 9.97. The first kappa shape index (κ1) is 22.9. The number of piperidine rings is 1. The Balaban J connectivity index is 1.50. The molecule has 0 unspecified atom stereocenters. The number of rotatable bonds is 7. The van der Waals surface area contributed by atoms with Crippen molar-refractivity contribution >= 4 is 27.0 Å². The summed E-state index contributed by atoms with van der Waals surface area (Å²) < 4.78 is 30.1. The SMILES string of the molecule is CC(C)n1nnc2cc(S(=O)(=O)N3CCCC[C@H]3C(=O)NCCC3=CCCCC3)ccc21. The summed E-state index contributed by atoms with van der Waals surface area (Å²) in [6.45, 7) is 4.91. The van der Waals surface area contributed by atoms with Crippen LogP contribution in [-0.2, 0) is 14.8 Å². The summed E-state index contributed by atoms with van der Waals surface area (Å²) in [5.41, 5.74) is 2.73. The minimum absolute atomic E-state index is 0.127. The lowest BCUT2D eigenvalue weighted by Crippen LogP contribution is -2.51. The van der Waals surface area contributed by atoms with Crippen LogP contribution in [0.3, 0.4) is 0 Å². The van der Waals surface area contributed by atoms with E-state index in [4.69, 9.17) is 0 Å². The molecule has 1 fully saturated rings. The van der Waals surface area contributed by atoms with E-state index in [-0.39, 0.29) is 16.8 Å². The van der Waals surface area contributed by atoms with Crippen molar-refractivity contribution in [1.29, 1.82) is 0 Å². The molecular weight excluding hydrogens is 426 g/mol. The maximum Gasteiger partial charge on any atom is 0.243 e. The Morgan fingerprint density at radius 3 is 2.81 bits per heavy atom. The number of allylic oxidation sites excluding steroid dienone is 1. The lowest BCUT2D eigenvalue weighted by Gasteiger charge is -2.33. The zero-order valence-corrected chi connectivity index (χ0v) is 19.8. The molecule has 1 aliphatic carbocycles. The first-order chi connectivity index (χ1) is 15.4. The third kappa shape index (κ3) is 4.73. The van der Waals surface area contributed by atoms with E-state index in [9.17, 15) is 13.2 Å². The molecular formula is C23H33N5O3S. The highest BCUT2D eigenvalue weighted by molar-refractivity contribution is 7.89. The van der Waals surface area contributed by atoms with Crippen molar-refractivity contribution in [3.8, 4) is 0 Å². The Bertz CT molecular complexity index is 1110. The fourth-order valence-electron chi connectivity index (χ4n) is 4.65. The summed E-state index contributed by atoms with van der Waals surface area (Å²) >= 11 is 0. The summed E-state index contributed by atoms with van der Waals surface area (Å²) in [4.78, 5) is 13.1. The van der Waals surface area contributed by atoms with Gasteiger partial charge in [0.15, 0.2) is 0 Å². The predicted molar refractivity (Wildman–Crippen MR) is 124 cm³/mol. The van der Waals surface area contributed by atoms with Gasteiger partial charge in [0.1, 0.15) is 11.6 Å². The Hall–Kier alpha value is -2.26. The van der Waals surface area contributed by atoms with Crippen molar-refractivity contribution in [2.75, 3.05) is 13.1 Å². The number of nitrogens with zero attached hydrogens (tertiary/aromatic N) is 4. The number of aromatic nitrogens is 3. The number of nitrogens with one attached hydrogen (secondary N) is 1. The Morgan fingerprint density at radius 2 is 2.06 bits per heavy atom. The molecule has 1 aromatic heterocycles. The molecule has 8 nitrogen and oxygen atoms in total. The van der Waals surface area contributed by atoms with Crippen LogP contribution in [-0.4, -0.2) is 52.8 Å². The number of hydrogen-bond acceptors (Lipinski definition) is 5. The molecule has 9 heteroatoms. The highest BCUT2D eigenvalue weighted by Crippen LogP contribution is 2.28. The number of carbonyl (C=O) groups is 1. The first-order valence-electron chi connectivity index (χ1n) is 11.7. The highest BCUT2D eigenvalue weighted by Gasteiger charge is 2.37. The number of fused-ring (bicyclic) bond motifs is 1. The van der Waals surface area contributed by atoms with Crippen molar-refractivity contribution in [2.24, 2.45) is 0 Å². The van der Waals surface area contributed by atoms with E-state index in [1.54, 1.807) is 22.9 Å². The standard InChI is InChI=1S/C23H33N5O3S/c1-17(2)28-21-12-11-19(16-20(21)25-26-28)32(30,31)27-15-7-6-10-22(27)23(29)24-14-13-18-8-4-3-5-9-18/h8,11-12,16-17,22H,3-7,9-10,13-15H2,1-2H3,(H,24,29)/t22-/m0/s1. The monoisotopic (exact) mass is 459 g/mol. The van der Waals surface area contributed by atoms with Crippen LogP contribution in [0, 0.1) is 0 Å². The van der Waals surface area contributed by atoms with E-state index in [2.05, 4.69) is 21.7 Å². The third-order valence-corrected chi connectivity index (χ3v) is 8.33. The number of hydrogen-bond donors (Lipinski definition) is 1. The molecule has 1 aliphatic heterocycles. The van der Waals surface area contributed by atoms with Gasteiger partial charge in [-0.3, -0.25) is 4.79 Å². The molecule has 0 bridgehead atoms. The van der Waals surface area contributed by atoms with Gasteiger partial charge in [-0.1, -0.05) is 23.3 Å². The van der Waals surface area contributed by atoms with Crippen LogP contribution in [0.5, 0.6) is 0 Å². The van der Waals surface area contributed by atoms with Gasteiger partial charge in [-0.15, -0.1) is 5.10 Å². The van der Waals surface area contributed by atoms with Crippen LogP contribution in [0.2, 0.25) is 0 Å². The van der Waals surface area contributed by atoms with Gasteiger partial charge in [-0.05, 0) is 77.0 Å². The molecule has 1 atom stereocenters.